The zero-order chi connectivity index (χ0) is 40.0. The molecule has 1 saturated heterocycles. The first kappa shape index (κ1) is 38.1. The average Bonchev–Trinajstić information content (AvgIpc) is 3.75. The zero-order valence-electron chi connectivity index (χ0n) is 32.0. The Balaban J connectivity index is 0.936. The second-order valence-corrected chi connectivity index (χ2v) is 15.3. The first-order chi connectivity index (χ1) is 29.1. The van der Waals surface area contributed by atoms with Gasteiger partial charge in [0, 0.05) is 35.4 Å². The Hall–Kier alpha value is -6.43. The van der Waals surface area contributed by atoms with Gasteiger partial charge < -0.3 is 24.3 Å². The second-order valence-electron chi connectivity index (χ2n) is 14.3. The number of aliphatic hydroxyl groups excluding tert-OH is 1. The number of carbonyl (C=O) groups is 1. The molecule has 0 bridgehead atoms. The minimum atomic E-state index is -0.647. The molecule has 0 saturated carbocycles. The molecule has 0 spiro atoms. The van der Waals surface area contributed by atoms with Gasteiger partial charge in [0.15, 0.2) is 12.1 Å². The van der Waals surface area contributed by atoms with Crippen molar-refractivity contribution in [2.75, 3.05) is 5.75 Å². The molecule has 292 valence electrons. The lowest BCUT2D eigenvalue weighted by atomic mass is 9.99. The minimum absolute atomic E-state index is 0.0254. The van der Waals surface area contributed by atoms with Gasteiger partial charge in [-0.25, -0.2) is 9.97 Å². The van der Waals surface area contributed by atoms with Crippen molar-refractivity contribution in [1.82, 2.24) is 20.3 Å². The first-order valence-electron chi connectivity index (χ1n) is 19.5. The summed E-state index contributed by atoms with van der Waals surface area (Å²) in [4.78, 5) is 26.9. The molecule has 8 aromatic rings. The van der Waals surface area contributed by atoms with E-state index in [-0.39, 0.29) is 30.4 Å². The van der Waals surface area contributed by atoms with Crippen LogP contribution in [-0.2, 0) is 22.6 Å². The Morgan fingerprint density at radius 2 is 1.37 bits per heavy atom. The predicted octanol–water partition coefficient (Wildman–Crippen LogP) is 10.4. The van der Waals surface area contributed by atoms with E-state index >= 15 is 0 Å². The van der Waals surface area contributed by atoms with Crippen LogP contribution in [0.5, 0.6) is 0 Å². The third kappa shape index (κ3) is 8.86. The smallest absolute Gasteiger partial charge is 0.271 e. The van der Waals surface area contributed by atoms with E-state index in [1.54, 1.807) is 0 Å². The molecule has 1 fully saturated rings. The van der Waals surface area contributed by atoms with Crippen LogP contribution in [0.25, 0.3) is 44.7 Å². The van der Waals surface area contributed by atoms with Crippen LogP contribution in [0.4, 0.5) is 0 Å². The number of benzene rings is 6. The summed E-state index contributed by atoms with van der Waals surface area (Å²) in [7, 11) is 0. The largest absolute Gasteiger partial charge is 0.431 e. The van der Waals surface area contributed by atoms with Crippen molar-refractivity contribution >= 4 is 28.7 Å². The average molecular weight is 797 g/mol. The maximum Gasteiger partial charge on any atom is 0.271 e. The van der Waals surface area contributed by atoms with E-state index in [0.29, 0.717) is 29.5 Å². The number of aliphatic hydroxyl groups is 1. The molecule has 59 heavy (non-hydrogen) atoms. The standard InChI is InChI=1S/C49H40N4O5S/c54-30-32-21-23-34(24-22-32)44-27-40(31-59-49-53-45(35-12-3-1-4-13-35)46(58-49)36-14-5-2-6-15-36)56-48(57-44)39-18-10-17-38(26-39)37-16-9-11-33(25-37)28-51-47(55)43-29-50-41-19-7-8-20-42(41)52-43/h1-26,29,40,44,48,54H,27-28,30-31H2,(H,51,55). The van der Waals surface area contributed by atoms with E-state index < -0.39 is 6.29 Å². The Labute approximate surface area is 346 Å². The highest BCUT2D eigenvalue weighted by atomic mass is 32.2. The monoisotopic (exact) mass is 796 g/mol. The molecule has 2 N–H and O–H groups in total. The molecule has 1 aliphatic heterocycles. The molecule has 1 aliphatic rings. The van der Waals surface area contributed by atoms with Crippen LogP contribution >= 0.6 is 11.8 Å². The highest BCUT2D eigenvalue weighted by molar-refractivity contribution is 7.99. The Morgan fingerprint density at radius 1 is 0.678 bits per heavy atom. The Morgan fingerprint density at radius 3 is 2.15 bits per heavy atom. The molecule has 0 radical (unpaired) electrons. The summed E-state index contributed by atoms with van der Waals surface area (Å²) in [5.74, 6) is 1.03. The van der Waals surface area contributed by atoms with Gasteiger partial charge in [-0.05, 0) is 52.1 Å². The number of hydrogen-bond acceptors (Lipinski definition) is 9. The van der Waals surface area contributed by atoms with Crippen molar-refractivity contribution in [3.05, 3.63) is 192 Å². The topological polar surface area (TPSA) is 120 Å². The number of carbonyl (C=O) groups excluding carboxylic acids is 1. The molecule has 3 unspecified atom stereocenters. The van der Waals surface area contributed by atoms with Crippen LogP contribution in [0.2, 0.25) is 0 Å². The van der Waals surface area contributed by atoms with Gasteiger partial charge in [0.25, 0.3) is 11.1 Å². The molecule has 6 aromatic carbocycles. The molecular formula is C49H40N4O5S. The van der Waals surface area contributed by atoms with Gasteiger partial charge in [-0.15, -0.1) is 0 Å². The van der Waals surface area contributed by atoms with Gasteiger partial charge in [-0.2, -0.15) is 0 Å². The molecule has 0 aliphatic carbocycles. The number of nitrogens with one attached hydrogen (secondary N) is 1. The number of oxazole rings is 1. The van der Waals surface area contributed by atoms with Gasteiger partial charge in [-0.1, -0.05) is 145 Å². The fourth-order valence-electron chi connectivity index (χ4n) is 7.19. The van der Waals surface area contributed by atoms with E-state index in [9.17, 15) is 9.90 Å². The molecule has 3 atom stereocenters. The van der Waals surface area contributed by atoms with Gasteiger partial charge in [0.05, 0.1) is 36.0 Å². The number of para-hydroxylation sites is 2. The number of thioether (sulfide) groups is 1. The Kier molecular flexibility index (Phi) is 11.4. The third-order valence-electron chi connectivity index (χ3n) is 10.3. The third-order valence-corrected chi connectivity index (χ3v) is 11.2. The quantitative estimate of drug-likeness (QED) is 0.116. The highest BCUT2D eigenvalue weighted by Crippen LogP contribution is 2.41. The van der Waals surface area contributed by atoms with Crippen molar-refractivity contribution < 1.29 is 23.8 Å². The molecule has 1 amide bonds. The number of hydrogen-bond donors (Lipinski definition) is 2. The molecule has 9 rings (SSSR count). The van der Waals surface area contributed by atoms with E-state index in [2.05, 4.69) is 39.6 Å². The summed E-state index contributed by atoms with van der Waals surface area (Å²) in [6.45, 7) is 0.304. The number of amides is 1. The summed E-state index contributed by atoms with van der Waals surface area (Å²) in [5.41, 5.74) is 10.1. The van der Waals surface area contributed by atoms with Crippen LogP contribution in [0, 0.1) is 0 Å². The lowest BCUT2D eigenvalue weighted by Gasteiger charge is -2.36. The number of nitrogens with zero attached hydrogens (tertiary/aromatic N) is 3. The summed E-state index contributed by atoms with van der Waals surface area (Å²) in [5, 5.41) is 13.3. The van der Waals surface area contributed by atoms with Crippen LogP contribution < -0.4 is 5.32 Å². The van der Waals surface area contributed by atoms with Crippen LogP contribution in [0.1, 0.15) is 51.6 Å². The van der Waals surface area contributed by atoms with Crippen molar-refractivity contribution in [3.63, 3.8) is 0 Å². The number of rotatable bonds is 12. The minimum Gasteiger partial charge on any atom is -0.431 e. The SMILES string of the molecule is O=C(NCc1cccc(-c2cccc(C3OC(CSc4nc(-c5ccccc5)c(-c5ccccc5)o4)CC(c4ccc(CO)cc4)O3)c2)c1)c1cnc2ccccc2n1. The van der Waals surface area contributed by atoms with Gasteiger partial charge in [0.2, 0.25) is 0 Å². The Bertz CT molecular complexity index is 2630. The fourth-order valence-corrected chi connectivity index (χ4v) is 8.03. The van der Waals surface area contributed by atoms with Crippen molar-refractivity contribution in [2.24, 2.45) is 0 Å². The summed E-state index contributed by atoms with van der Waals surface area (Å²) >= 11 is 1.53. The second kappa shape index (κ2) is 17.6. The van der Waals surface area contributed by atoms with Crippen molar-refractivity contribution in [2.45, 2.75) is 43.3 Å². The summed E-state index contributed by atoms with van der Waals surface area (Å²) in [6, 6.07) is 51.8. The van der Waals surface area contributed by atoms with E-state index in [0.717, 1.165) is 61.5 Å². The normalized spacial score (nSPS) is 16.5. The molecule has 9 nitrogen and oxygen atoms in total. The van der Waals surface area contributed by atoms with E-state index in [4.69, 9.17) is 18.9 Å². The van der Waals surface area contributed by atoms with Crippen molar-refractivity contribution in [1.29, 1.82) is 0 Å². The molecule has 2 aromatic heterocycles. The first-order valence-corrected chi connectivity index (χ1v) is 20.5. The van der Waals surface area contributed by atoms with Crippen molar-refractivity contribution in [3.8, 4) is 33.7 Å². The lowest BCUT2D eigenvalue weighted by Crippen LogP contribution is -2.31. The summed E-state index contributed by atoms with van der Waals surface area (Å²) < 4.78 is 19.9. The van der Waals surface area contributed by atoms with E-state index in [1.165, 1.54) is 18.0 Å². The van der Waals surface area contributed by atoms with Crippen LogP contribution in [0.15, 0.2) is 174 Å². The summed E-state index contributed by atoms with van der Waals surface area (Å²) in [6.07, 6.45) is 1.03. The zero-order valence-corrected chi connectivity index (χ0v) is 32.8. The number of ether oxygens (including phenoxy) is 2. The molecular weight excluding hydrogens is 757 g/mol. The number of fused-ring (bicyclic) bond motifs is 1. The van der Waals surface area contributed by atoms with Gasteiger partial charge in [-0.3, -0.25) is 9.78 Å². The highest BCUT2D eigenvalue weighted by Gasteiger charge is 2.33. The fraction of sp³-hybridized carbons (Fsp3) is 0.143. The lowest BCUT2D eigenvalue weighted by molar-refractivity contribution is -0.245. The van der Waals surface area contributed by atoms with Gasteiger partial charge in [0.1, 0.15) is 11.4 Å². The number of aromatic nitrogens is 3. The van der Waals surface area contributed by atoms with Gasteiger partial charge >= 0.3 is 0 Å². The maximum absolute atomic E-state index is 13.0. The molecule has 10 heteroatoms. The maximum atomic E-state index is 13.0. The molecule has 3 heterocycles. The van der Waals surface area contributed by atoms with E-state index in [1.807, 2.05) is 133 Å². The van der Waals surface area contributed by atoms with Crippen LogP contribution in [-0.4, -0.2) is 37.8 Å². The van der Waals surface area contributed by atoms with Crippen LogP contribution in [0.3, 0.4) is 0 Å². The predicted molar refractivity (Wildman–Crippen MR) is 229 cm³/mol.